The van der Waals surface area contributed by atoms with E-state index in [0.717, 1.165) is 81.1 Å². The van der Waals surface area contributed by atoms with Crippen LogP contribution in [0.25, 0.3) is 0 Å². The maximum atomic E-state index is 13.2. The van der Waals surface area contributed by atoms with Crippen LogP contribution in [0.2, 0.25) is 0 Å². The molecule has 41 heavy (non-hydrogen) atoms. The van der Waals surface area contributed by atoms with E-state index in [1.54, 1.807) is 6.07 Å². The first-order chi connectivity index (χ1) is 19.9. The van der Waals surface area contributed by atoms with E-state index in [4.69, 9.17) is 0 Å². The normalized spacial score (nSPS) is 20.5. The van der Waals surface area contributed by atoms with Crippen LogP contribution < -0.4 is 15.1 Å². The number of nitrogens with one attached hydrogen (secondary N) is 1. The molecule has 5 rings (SSSR count). The fraction of sp³-hybridized carbons (Fsp3) is 0.452. The Morgan fingerprint density at radius 2 is 1.56 bits per heavy atom. The van der Waals surface area contributed by atoms with Crippen LogP contribution in [0.3, 0.4) is 0 Å². The Morgan fingerprint density at radius 1 is 0.902 bits per heavy atom. The van der Waals surface area contributed by atoms with Gasteiger partial charge in [-0.05, 0) is 80.1 Å². The van der Waals surface area contributed by atoms with Crippen molar-refractivity contribution in [1.82, 2.24) is 15.1 Å². The zero-order chi connectivity index (χ0) is 28.9. The number of amides is 4. The molecule has 3 fully saturated rings. The molecule has 2 aromatic carbocycles. The van der Waals surface area contributed by atoms with E-state index >= 15 is 0 Å². The SMILES string of the molecule is Cc1cc(N2CCN(CC3CCN(c4ccc(C=O)cc4)CC3)CC2)ccc1C(=O)N(C=O)C1CCC(=O)NC1=O. The zero-order valence-electron chi connectivity index (χ0n) is 23.5. The summed E-state index contributed by atoms with van der Waals surface area (Å²) in [7, 11) is 0. The van der Waals surface area contributed by atoms with Crippen LogP contribution in [-0.2, 0) is 14.4 Å². The Bertz CT molecular complexity index is 1300. The number of hydrogen-bond donors (Lipinski definition) is 1. The number of benzene rings is 2. The smallest absolute Gasteiger partial charge is 0.261 e. The van der Waals surface area contributed by atoms with Crippen molar-refractivity contribution in [1.29, 1.82) is 0 Å². The Balaban J connectivity index is 1.11. The number of hydrogen-bond acceptors (Lipinski definition) is 8. The molecule has 1 N–H and O–H groups in total. The minimum atomic E-state index is -0.980. The van der Waals surface area contributed by atoms with Gasteiger partial charge in [-0.15, -0.1) is 0 Å². The number of anilines is 2. The van der Waals surface area contributed by atoms with Crippen molar-refractivity contribution < 1.29 is 24.0 Å². The second kappa shape index (κ2) is 12.6. The minimum absolute atomic E-state index is 0.0922. The summed E-state index contributed by atoms with van der Waals surface area (Å²) in [4.78, 5) is 67.7. The number of imide groups is 2. The molecular formula is C31H37N5O5. The van der Waals surface area contributed by atoms with Gasteiger partial charge >= 0.3 is 0 Å². The number of piperazine rings is 1. The largest absolute Gasteiger partial charge is 0.372 e. The van der Waals surface area contributed by atoms with Crippen molar-refractivity contribution in [3.05, 3.63) is 59.2 Å². The molecule has 0 saturated carbocycles. The first-order valence-corrected chi connectivity index (χ1v) is 14.4. The van der Waals surface area contributed by atoms with Crippen molar-refractivity contribution in [2.75, 3.05) is 55.6 Å². The summed E-state index contributed by atoms with van der Waals surface area (Å²) in [6.45, 7) is 8.73. The molecule has 2 aromatic rings. The van der Waals surface area contributed by atoms with Gasteiger partial charge in [-0.1, -0.05) is 0 Å². The van der Waals surface area contributed by atoms with E-state index in [1.807, 2.05) is 43.3 Å². The molecule has 3 saturated heterocycles. The van der Waals surface area contributed by atoms with Crippen LogP contribution in [0.15, 0.2) is 42.5 Å². The van der Waals surface area contributed by atoms with Crippen molar-refractivity contribution in [2.24, 2.45) is 5.92 Å². The van der Waals surface area contributed by atoms with Gasteiger partial charge in [0.2, 0.25) is 18.2 Å². The highest BCUT2D eigenvalue weighted by molar-refractivity contribution is 6.07. The summed E-state index contributed by atoms with van der Waals surface area (Å²) in [5.74, 6) is -0.878. The van der Waals surface area contributed by atoms with Crippen LogP contribution >= 0.6 is 0 Å². The fourth-order valence-electron chi connectivity index (χ4n) is 6.13. The lowest BCUT2D eigenvalue weighted by atomic mass is 9.95. The van der Waals surface area contributed by atoms with Crippen LogP contribution in [0.1, 0.15) is 52.0 Å². The summed E-state index contributed by atoms with van der Waals surface area (Å²) >= 11 is 0. The van der Waals surface area contributed by atoms with Gasteiger partial charge in [0.05, 0.1) is 0 Å². The van der Waals surface area contributed by atoms with E-state index in [2.05, 4.69) is 20.0 Å². The molecule has 3 heterocycles. The standard InChI is InChI=1S/C31H37N5O5/c1-22-18-26(6-7-27(22)31(41)36(21-38)28-8-9-29(39)32-30(28)40)35-16-14-33(15-17-35)19-23-10-12-34(13-11-23)25-4-2-24(20-37)3-5-25/h2-7,18,20-21,23,28H,8-17,19H2,1H3,(H,32,39,40). The van der Waals surface area contributed by atoms with Gasteiger partial charge in [0.1, 0.15) is 12.3 Å². The Kier molecular flexibility index (Phi) is 8.78. The van der Waals surface area contributed by atoms with E-state index in [9.17, 15) is 24.0 Å². The minimum Gasteiger partial charge on any atom is -0.372 e. The Morgan fingerprint density at radius 3 is 2.17 bits per heavy atom. The lowest BCUT2D eigenvalue weighted by Crippen LogP contribution is -2.54. The van der Waals surface area contributed by atoms with E-state index in [1.165, 1.54) is 5.69 Å². The summed E-state index contributed by atoms with van der Waals surface area (Å²) in [5, 5.41) is 2.21. The molecule has 1 unspecified atom stereocenters. The average molecular weight is 560 g/mol. The topological polar surface area (TPSA) is 110 Å². The third-order valence-corrected chi connectivity index (χ3v) is 8.60. The predicted molar refractivity (Wildman–Crippen MR) is 155 cm³/mol. The van der Waals surface area contributed by atoms with Crippen molar-refractivity contribution in [3.63, 3.8) is 0 Å². The highest BCUT2D eigenvalue weighted by Gasteiger charge is 2.35. The molecule has 10 nitrogen and oxygen atoms in total. The molecule has 4 amide bonds. The van der Waals surface area contributed by atoms with Crippen molar-refractivity contribution in [3.8, 4) is 0 Å². The van der Waals surface area contributed by atoms with Crippen LogP contribution in [0.5, 0.6) is 0 Å². The quantitative estimate of drug-likeness (QED) is 0.388. The molecule has 3 aliphatic heterocycles. The molecule has 3 aliphatic rings. The number of carbonyl (C=O) groups is 5. The number of piperidine rings is 2. The van der Waals surface area contributed by atoms with Gasteiger partial charge in [0, 0.05) is 74.7 Å². The van der Waals surface area contributed by atoms with E-state index < -0.39 is 23.8 Å². The summed E-state index contributed by atoms with van der Waals surface area (Å²) in [6.07, 6.45) is 3.79. The van der Waals surface area contributed by atoms with E-state index in [0.29, 0.717) is 23.5 Å². The summed E-state index contributed by atoms with van der Waals surface area (Å²) in [5.41, 5.74) is 4.03. The van der Waals surface area contributed by atoms with Gasteiger partial charge in [-0.3, -0.25) is 39.1 Å². The summed E-state index contributed by atoms with van der Waals surface area (Å²) in [6, 6.07) is 12.4. The molecular weight excluding hydrogens is 522 g/mol. The van der Waals surface area contributed by atoms with Crippen molar-refractivity contribution >= 4 is 41.8 Å². The molecule has 0 aromatic heterocycles. The highest BCUT2D eigenvalue weighted by Crippen LogP contribution is 2.26. The number of nitrogens with zero attached hydrogens (tertiary/aromatic N) is 4. The average Bonchev–Trinajstić information content (AvgIpc) is 2.99. The van der Waals surface area contributed by atoms with Crippen LogP contribution in [0, 0.1) is 12.8 Å². The molecule has 1 atom stereocenters. The number of carbonyl (C=O) groups excluding carboxylic acids is 5. The van der Waals surface area contributed by atoms with Gasteiger partial charge < -0.3 is 9.80 Å². The second-order valence-corrected chi connectivity index (χ2v) is 11.2. The number of aryl methyl sites for hydroxylation is 1. The first-order valence-electron chi connectivity index (χ1n) is 14.4. The third kappa shape index (κ3) is 6.48. The Hall–Kier alpha value is -4.05. The van der Waals surface area contributed by atoms with Crippen LogP contribution in [-0.4, -0.2) is 92.1 Å². The fourth-order valence-corrected chi connectivity index (χ4v) is 6.13. The lowest BCUT2D eigenvalue weighted by Gasteiger charge is -2.40. The summed E-state index contributed by atoms with van der Waals surface area (Å²) < 4.78 is 0. The van der Waals surface area contributed by atoms with Gasteiger partial charge in [0.25, 0.3) is 5.91 Å². The van der Waals surface area contributed by atoms with Crippen molar-refractivity contribution in [2.45, 2.75) is 38.6 Å². The van der Waals surface area contributed by atoms with Gasteiger partial charge in [-0.2, -0.15) is 0 Å². The van der Waals surface area contributed by atoms with E-state index in [-0.39, 0.29) is 12.8 Å². The molecule has 0 bridgehead atoms. The molecule has 10 heteroatoms. The molecule has 0 aliphatic carbocycles. The maximum absolute atomic E-state index is 13.2. The predicted octanol–water partition coefficient (Wildman–Crippen LogP) is 2.25. The number of aldehydes is 1. The highest BCUT2D eigenvalue weighted by atomic mass is 16.2. The monoisotopic (exact) mass is 559 g/mol. The number of rotatable bonds is 8. The molecule has 0 spiro atoms. The zero-order valence-corrected chi connectivity index (χ0v) is 23.5. The van der Waals surface area contributed by atoms with Gasteiger partial charge in [0.15, 0.2) is 0 Å². The molecule has 216 valence electrons. The van der Waals surface area contributed by atoms with Crippen LogP contribution in [0.4, 0.5) is 11.4 Å². The second-order valence-electron chi connectivity index (χ2n) is 11.2. The molecule has 0 radical (unpaired) electrons. The lowest BCUT2D eigenvalue weighted by molar-refractivity contribution is -0.139. The maximum Gasteiger partial charge on any atom is 0.261 e. The third-order valence-electron chi connectivity index (χ3n) is 8.60. The first kappa shape index (κ1) is 28.5. The Labute approximate surface area is 240 Å². The van der Waals surface area contributed by atoms with Gasteiger partial charge in [-0.25, -0.2) is 0 Å².